The first-order valence-electron chi connectivity index (χ1n) is 9.18. The maximum absolute atomic E-state index is 12.9. The zero-order valence-electron chi connectivity index (χ0n) is 16.1. The maximum atomic E-state index is 12.9. The van der Waals surface area contributed by atoms with Gasteiger partial charge in [-0.15, -0.1) is 11.8 Å². The number of aliphatic hydroxyl groups is 1. The first-order valence-corrected chi connectivity index (χ1v) is 10.2. The van der Waals surface area contributed by atoms with Crippen LogP contribution in [0.4, 0.5) is 0 Å². The summed E-state index contributed by atoms with van der Waals surface area (Å²) in [7, 11) is 0. The Hall–Kier alpha value is -1.83. The molecule has 27 heavy (non-hydrogen) atoms. The fourth-order valence-corrected chi connectivity index (χ4v) is 3.49. The summed E-state index contributed by atoms with van der Waals surface area (Å²) in [6.07, 6.45) is 0.944. The van der Waals surface area contributed by atoms with Gasteiger partial charge in [0.25, 0.3) is 11.8 Å². The van der Waals surface area contributed by atoms with E-state index in [1.165, 1.54) is 16.7 Å². The number of carbonyl (C=O) groups excluding carboxylic acids is 2. The molecule has 1 aliphatic heterocycles. The lowest BCUT2D eigenvalue weighted by atomic mass is 10.1. The topological polar surface area (TPSA) is 76.1 Å². The molecule has 7 heteroatoms. The van der Waals surface area contributed by atoms with Crippen molar-refractivity contribution in [2.24, 2.45) is 0 Å². The molecule has 6 nitrogen and oxygen atoms in total. The van der Waals surface area contributed by atoms with Crippen molar-refractivity contribution in [1.29, 1.82) is 0 Å². The fourth-order valence-electron chi connectivity index (χ4n) is 2.61. The third kappa shape index (κ3) is 5.57. The van der Waals surface area contributed by atoms with Crippen LogP contribution in [0.3, 0.4) is 0 Å². The summed E-state index contributed by atoms with van der Waals surface area (Å²) in [5.41, 5.74) is 1.05. The minimum atomic E-state index is -0.327. The third-order valence-electron chi connectivity index (χ3n) is 3.85. The van der Waals surface area contributed by atoms with Crippen LogP contribution in [0.1, 0.15) is 32.8 Å². The minimum absolute atomic E-state index is 0.0316. The quantitative estimate of drug-likeness (QED) is 0.583. The Kier molecular flexibility index (Phi) is 8.34. The Bertz CT molecular complexity index is 684. The van der Waals surface area contributed by atoms with Gasteiger partial charge >= 0.3 is 0 Å². The first-order chi connectivity index (χ1) is 13.0. The first kappa shape index (κ1) is 21.5. The van der Waals surface area contributed by atoms with Crippen LogP contribution in [0.5, 0.6) is 5.75 Å². The van der Waals surface area contributed by atoms with Gasteiger partial charge in [-0.05, 0) is 38.0 Å². The molecule has 1 aromatic rings. The van der Waals surface area contributed by atoms with E-state index in [4.69, 9.17) is 14.6 Å². The van der Waals surface area contributed by atoms with Crippen LogP contribution < -0.4 is 4.74 Å². The Balaban J connectivity index is 2.23. The summed E-state index contributed by atoms with van der Waals surface area (Å²) in [5.74, 6) is 0.429. The molecular weight excluding hydrogens is 366 g/mol. The molecule has 0 bridgehead atoms. The summed E-state index contributed by atoms with van der Waals surface area (Å²) in [6, 6.07) is 7.18. The number of aliphatic hydroxyl groups excluding tert-OH is 1. The molecule has 1 heterocycles. The summed E-state index contributed by atoms with van der Waals surface area (Å²) in [4.78, 5) is 27.3. The Labute approximate surface area is 164 Å². The molecule has 0 atom stereocenters. The Morgan fingerprint density at radius 2 is 1.81 bits per heavy atom. The average molecular weight is 394 g/mol. The van der Waals surface area contributed by atoms with Gasteiger partial charge in [0.15, 0.2) is 0 Å². The number of ether oxygens (including phenoxy) is 2. The van der Waals surface area contributed by atoms with Crippen molar-refractivity contribution >= 4 is 29.1 Å². The average Bonchev–Trinajstić information content (AvgIpc) is 2.89. The number of benzene rings is 1. The van der Waals surface area contributed by atoms with E-state index < -0.39 is 0 Å². The number of nitrogens with zero attached hydrogens (tertiary/aromatic N) is 1. The van der Waals surface area contributed by atoms with Crippen molar-refractivity contribution in [2.75, 3.05) is 32.1 Å². The normalized spacial score (nSPS) is 14.6. The Morgan fingerprint density at radius 3 is 2.41 bits per heavy atom. The highest BCUT2D eigenvalue weighted by molar-refractivity contribution is 8.04. The molecule has 0 saturated carbocycles. The van der Waals surface area contributed by atoms with Crippen molar-refractivity contribution in [2.45, 2.75) is 33.3 Å². The van der Waals surface area contributed by atoms with E-state index in [0.717, 1.165) is 12.2 Å². The van der Waals surface area contributed by atoms with E-state index in [1.54, 1.807) is 24.3 Å². The van der Waals surface area contributed by atoms with Crippen molar-refractivity contribution in [3.63, 3.8) is 0 Å². The third-order valence-corrected chi connectivity index (χ3v) is 4.90. The molecule has 2 rings (SSSR count). The number of thioether (sulfide) groups is 1. The smallest absolute Gasteiger partial charge is 0.268 e. The maximum Gasteiger partial charge on any atom is 0.268 e. The van der Waals surface area contributed by atoms with E-state index in [9.17, 15) is 9.59 Å². The highest BCUT2D eigenvalue weighted by atomic mass is 32.2. The Morgan fingerprint density at radius 1 is 1.11 bits per heavy atom. The molecule has 0 spiro atoms. The molecule has 1 aliphatic rings. The second-order valence-corrected chi connectivity index (χ2v) is 7.44. The molecule has 0 radical (unpaired) electrons. The predicted molar refractivity (Wildman–Crippen MR) is 106 cm³/mol. The van der Waals surface area contributed by atoms with Crippen LogP contribution in [0, 0.1) is 0 Å². The summed E-state index contributed by atoms with van der Waals surface area (Å²) in [5, 5.41) is 9.13. The lowest BCUT2D eigenvalue weighted by Gasteiger charge is -2.16. The molecule has 0 fully saturated rings. The standard InChI is InChI=1S/C20H27NO5S/c1-4-11-26-16-7-5-15(6-8-16)17-18(27-13-10-22)20(24)21(19(17)23)9-12-25-14(2)3/h5-8,14,22H,4,9-13H2,1-3H3. The van der Waals surface area contributed by atoms with Crippen LogP contribution in [-0.2, 0) is 14.3 Å². The van der Waals surface area contributed by atoms with Crippen molar-refractivity contribution in [3.8, 4) is 5.75 Å². The largest absolute Gasteiger partial charge is 0.494 e. The highest BCUT2D eigenvalue weighted by Crippen LogP contribution is 2.36. The van der Waals surface area contributed by atoms with Gasteiger partial charge < -0.3 is 14.6 Å². The van der Waals surface area contributed by atoms with Crippen LogP contribution >= 0.6 is 11.8 Å². The predicted octanol–water partition coefficient (Wildman–Crippen LogP) is 2.71. The van der Waals surface area contributed by atoms with Gasteiger partial charge in [-0.3, -0.25) is 14.5 Å². The number of hydrogen-bond donors (Lipinski definition) is 1. The van der Waals surface area contributed by atoms with Gasteiger partial charge in [-0.1, -0.05) is 19.1 Å². The highest BCUT2D eigenvalue weighted by Gasteiger charge is 2.38. The van der Waals surface area contributed by atoms with Crippen molar-refractivity contribution < 1.29 is 24.2 Å². The molecule has 0 aromatic heterocycles. The lowest BCUT2D eigenvalue weighted by Crippen LogP contribution is -2.35. The number of hydrogen-bond acceptors (Lipinski definition) is 6. The van der Waals surface area contributed by atoms with E-state index >= 15 is 0 Å². The molecule has 1 N–H and O–H groups in total. The monoisotopic (exact) mass is 393 g/mol. The summed E-state index contributed by atoms with van der Waals surface area (Å²) >= 11 is 1.21. The van der Waals surface area contributed by atoms with Gasteiger partial charge in [0, 0.05) is 5.75 Å². The molecular formula is C20H27NO5S. The molecule has 0 unspecified atom stereocenters. The van der Waals surface area contributed by atoms with E-state index in [1.807, 2.05) is 20.8 Å². The van der Waals surface area contributed by atoms with E-state index in [2.05, 4.69) is 0 Å². The zero-order valence-corrected chi connectivity index (χ0v) is 16.9. The second-order valence-electron chi connectivity index (χ2n) is 6.33. The molecule has 0 aliphatic carbocycles. The summed E-state index contributed by atoms with van der Waals surface area (Å²) < 4.78 is 11.1. The number of amides is 2. The number of imide groups is 1. The minimum Gasteiger partial charge on any atom is -0.494 e. The van der Waals surface area contributed by atoms with Gasteiger partial charge in [0.1, 0.15) is 5.75 Å². The summed E-state index contributed by atoms with van der Waals surface area (Å²) in [6.45, 7) is 6.91. The second kappa shape index (κ2) is 10.5. The van der Waals surface area contributed by atoms with Crippen LogP contribution in [-0.4, -0.2) is 60.0 Å². The molecule has 2 amide bonds. The molecule has 148 valence electrons. The number of rotatable bonds is 11. The lowest BCUT2D eigenvalue weighted by molar-refractivity contribution is -0.137. The van der Waals surface area contributed by atoms with Crippen LogP contribution in [0.15, 0.2) is 29.2 Å². The van der Waals surface area contributed by atoms with Crippen molar-refractivity contribution in [3.05, 3.63) is 34.7 Å². The van der Waals surface area contributed by atoms with Crippen molar-refractivity contribution in [1.82, 2.24) is 4.90 Å². The van der Waals surface area contributed by atoms with Gasteiger partial charge in [0.2, 0.25) is 0 Å². The van der Waals surface area contributed by atoms with Crippen LogP contribution in [0.25, 0.3) is 5.57 Å². The molecule has 1 aromatic carbocycles. The van der Waals surface area contributed by atoms with E-state index in [0.29, 0.717) is 35.0 Å². The van der Waals surface area contributed by atoms with Gasteiger partial charge in [0.05, 0.1) is 42.9 Å². The van der Waals surface area contributed by atoms with Crippen LogP contribution in [0.2, 0.25) is 0 Å². The SMILES string of the molecule is CCCOc1ccc(C2=C(SCCO)C(=O)N(CCOC(C)C)C2=O)cc1. The van der Waals surface area contributed by atoms with Gasteiger partial charge in [-0.2, -0.15) is 0 Å². The number of carbonyl (C=O) groups is 2. The zero-order chi connectivity index (χ0) is 19.8. The van der Waals surface area contributed by atoms with E-state index in [-0.39, 0.29) is 31.1 Å². The van der Waals surface area contributed by atoms with Gasteiger partial charge in [-0.25, -0.2) is 0 Å². The molecule has 0 saturated heterocycles. The fraction of sp³-hybridized carbons (Fsp3) is 0.500.